The second-order valence-electron chi connectivity index (χ2n) is 3.94. The van der Waals surface area contributed by atoms with Gasteiger partial charge in [-0.25, -0.2) is 4.68 Å². The van der Waals surface area contributed by atoms with Gasteiger partial charge in [-0.05, 0) is 44.2 Å². The third-order valence-corrected chi connectivity index (χ3v) is 2.65. The lowest BCUT2D eigenvalue weighted by atomic mass is 10.1. The van der Waals surface area contributed by atoms with Gasteiger partial charge in [-0.1, -0.05) is 5.21 Å². The van der Waals surface area contributed by atoms with Crippen LogP contribution in [0.25, 0.3) is 11.3 Å². The monoisotopic (exact) mass is 246 g/mol. The Balaban J connectivity index is 2.17. The first-order chi connectivity index (χ1) is 8.85. The maximum atomic E-state index is 5.51. The van der Waals surface area contributed by atoms with E-state index in [9.17, 15) is 0 Å². The van der Waals surface area contributed by atoms with Crippen molar-refractivity contribution >= 4 is 0 Å². The third kappa shape index (κ3) is 2.87. The second-order valence-corrected chi connectivity index (χ2v) is 3.94. The lowest BCUT2D eigenvalue weighted by Crippen LogP contribution is -2.08. The summed E-state index contributed by atoms with van der Waals surface area (Å²) in [5.41, 5.74) is 7.60. The molecule has 1 heterocycles. The Bertz CT molecular complexity index is 478. The molecule has 0 saturated heterocycles. The Morgan fingerprint density at radius 3 is 2.72 bits per heavy atom. The standard InChI is InChI=1S/C13H18N4O/c1-2-18-12-6-4-11(5-7-12)13-10-15-16-17(13)9-3-8-14/h4-7,10H,2-3,8-9,14H2,1H3. The van der Waals surface area contributed by atoms with E-state index in [4.69, 9.17) is 10.5 Å². The maximum Gasteiger partial charge on any atom is 0.119 e. The van der Waals surface area contributed by atoms with Gasteiger partial charge in [-0.3, -0.25) is 0 Å². The van der Waals surface area contributed by atoms with Crippen molar-refractivity contribution in [2.75, 3.05) is 13.2 Å². The fraction of sp³-hybridized carbons (Fsp3) is 0.385. The predicted octanol–water partition coefficient (Wildman–Crippen LogP) is 1.69. The lowest BCUT2D eigenvalue weighted by Gasteiger charge is -2.07. The molecule has 0 atom stereocenters. The fourth-order valence-corrected chi connectivity index (χ4v) is 1.78. The summed E-state index contributed by atoms with van der Waals surface area (Å²) in [6, 6.07) is 7.95. The highest BCUT2D eigenvalue weighted by molar-refractivity contribution is 5.59. The van der Waals surface area contributed by atoms with Gasteiger partial charge in [0.15, 0.2) is 0 Å². The molecule has 2 rings (SSSR count). The Morgan fingerprint density at radius 2 is 2.06 bits per heavy atom. The van der Waals surface area contributed by atoms with Gasteiger partial charge in [0.25, 0.3) is 0 Å². The largest absolute Gasteiger partial charge is 0.494 e. The highest BCUT2D eigenvalue weighted by atomic mass is 16.5. The van der Waals surface area contributed by atoms with Crippen LogP contribution in [0.1, 0.15) is 13.3 Å². The van der Waals surface area contributed by atoms with Crippen molar-refractivity contribution in [3.63, 3.8) is 0 Å². The third-order valence-electron chi connectivity index (χ3n) is 2.65. The van der Waals surface area contributed by atoms with Crippen molar-refractivity contribution in [2.45, 2.75) is 19.9 Å². The van der Waals surface area contributed by atoms with Crippen LogP contribution in [-0.4, -0.2) is 28.1 Å². The number of benzene rings is 1. The Morgan fingerprint density at radius 1 is 1.28 bits per heavy atom. The molecule has 0 fully saturated rings. The Hall–Kier alpha value is -1.88. The van der Waals surface area contributed by atoms with Crippen LogP contribution in [0.3, 0.4) is 0 Å². The molecule has 0 spiro atoms. The number of rotatable bonds is 6. The van der Waals surface area contributed by atoms with Gasteiger partial charge in [-0.15, -0.1) is 5.10 Å². The molecule has 96 valence electrons. The summed E-state index contributed by atoms with van der Waals surface area (Å²) in [5, 5.41) is 8.02. The number of hydrogen-bond donors (Lipinski definition) is 1. The van der Waals surface area contributed by atoms with Crippen LogP contribution in [0.15, 0.2) is 30.5 Å². The smallest absolute Gasteiger partial charge is 0.119 e. The molecule has 0 unspecified atom stereocenters. The fourth-order valence-electron chi connectivity index (χ4n) is 1.78. The van der Waals surface area contributed by atoms with Gasteiger partial charge in [0.05, 0.1) is 18.5 Å². The molecular formula is C13H18N4O. The molecule has 0 aliphatic heterocycles. The van der Waals surface area contributed by atoms with E-state index in [2.05, 4.69) is 10.3 Å². The van der Waals surface area contributed by atoms with Crippen LogP contribution in [0, 0.1) is 0 Å². The highest BCUT2D eigenvalue weighted by Crippen LogP contribution is 2.21. The van der Waals surface area contributed by atoms with Crippen molar-refractivity contribution < 1.29 is 4.74 Å². The van der Waals surface area contributed by atoms with E-state index in [0.717, 1.165) is 30.0 Å². The number of nitrogens with zero attached hydrogens (tertiary/aromatic N) is 3. The van der Waals surface area contributed by atoms with Crippen molar-refractivity contribution in [3.8, 4) is 17.0 Å². The molecule has 18 heavy (non-hydrogen) atoms. The zero-order valence-electron chi connectivity index (χ0n) is 10.5. The Kier molecular flexibility index (Phi) is 4.30. The molecule has 2 aromatic rings. The van der Waals surface area contributed by atoms with Crippen LogP contribution in [0.4, 0.5) is 0 Å². The van der Waals surface area contributed by atoms with E-state index in [1.165, 1.54) is 0 Å². The van der Waals surface area contributed by atoms with E-state index >= 15 is 0 Å². The first kappa shape index (κ1) is 12.6. The number of ether oxygens (including phenoxy) is 1. The van der Waals surface area contributed by atoms with Crippen LogP contribution >= 0.6 is 0 Å². The van der Waals surface area contributed by atoms with Crippen LogP contribution in [-0.2, 0) is 6.54 Å². The minimum absolute atomic E-state index is 0.655. The van der Waals surface area contributed by atoms with Crippen molar-refractivity contribution in [3.05, 3.63) is 30.5 Å². The highest BCUT2D eigenvalue weighted by Gasteiger charge is 2.06. The SMILES string of the molecule is CCOc1ccc(-c2cnnn2CCCN)cc1. The minimum atomic E-state index is 0.655. The van der Waals surface area contributed by atoms with Crippen molar-refractivity contribution in [1.29, 1.82) is 0 Å². The molecule has 5 nitrogen and oxygen atoms in total. The summed E-state index contributed by atoms with van der Waals surface area (Å²) in [4.78, 5) is 0. The van der Waals surface area contributed by atoms with E-state index in [1.54, 1.807) is 6.20 Å². The Labute approximate surface area is 107 Å². The van der Waals surface area contributed by atoms with Gasteiger partial charge in [-0.2, -0.15) is 0 Å². The summed E-state index contributed by atoms with van der Waals surface area (Å²) >= 11 is 0. The average Bonchev–Trinajstić information content (AvgIpc) is 2.86. The van der Waals surface area contributed by atoms with E-state index in [0.29, 0.717) is 13.2 Å². The second kappa shape index (κ2) is 6.16. The number of aromatic nitrogens is 3. The zero-order chi connectivity index (χ0) is 12.8. The normalized spacial score (nSPS) is 10.6. The van der Waals surface area contributed by atoms with Gasteiger partial charge < -0.3 is 10.5 Å². The predicted molar refractivity (Wildman–Crippen MR) is 70.3 cm³/mol. The van der Waals surface area contributed by atoms with Crippen molar-refractivity contribution in [2.24, 2.45) is 5.73 Å². The summed E-state index contributed by atoms with van der Waals surface area (Å²) in [5.74, 6) is 0.877. The zero-order valence-corrected chi connectivity index (χ0v) is 10.5. The lowest BCUT2D eigenvalue weighted by molar-refractivity contribution is 0.340. The van der Waals surface area contributed by atoms with Crippen LogP contribution in [0.2, 0.25) is 0 Å². The molecule has 5 heteroatoms. The minimum Gasteiger partial charge on any atom is -0.494 e. The number of aryl methyl sites for hydroxylation is 1. The van der Waals surface area contributed by atoms with Gasteiger partial charge in [0.1, 0.15) is 5.75 Å². The first-order valence-electron chi connectivity index (χ1n) is 6.17. The molecule has 0 bridgehead atoms. The summed E-state index contributed by atoms with van der Waals surface area (Å²) in [6.07, 6.45) is 2.67. The van der Waals surface area contributed by atoms with Gasteiger partial charge >= 0.3 is 0 Å². The molecule has 1 aromatic heterocycles. The van der Waals surface area contributed by atoms with Gasteiger partial charge in [0.2, 0.25) is 0 Å². The molecule has 0 saturated carbocycles. The van der Waals surface area contributed by atoms with E-state index < -0.39 is 0 Å². The van der Waals surface area contributed by atoms with Crippen molar-refractivity contribution in [1.82, 2.24) is 15.0 Å². The van der Waals surface area contributed by atoms with Crippen LogP contribution < -0.4 is 10.5 Å². The summed E-state index contributed by atoms with van der Waals surface area (Å²) in [7, 11) is 0. The number of hydrogen-bond acceptors (Lipinski definition) is 4. The summed E-state index contributed by atoms with van der Waals surface area (Å²) in [6.45, 7) is 4.09. The quantitative estimate of drug-likeness (QED) is 0.842. The molecule has 0 amide bonds. The van der Waals surface area contributed by atoms with E-state index in [-0.39, 0.29) is 0 Å². The molecule has 2 N–H and O–H groups in total. The molecular weight excluding hydrogens is 228 g/mol. The topological polar surface area (TPSA) is 66.0 Å². The molecule has 0 radical (unpaired) electrons. The average molecular weight is 246 g/mol. The molecule has 0 aliphatic carbocycles. The summed E-state index contributed by atoms with van der Waals surface area (Å²) < 4.78 is 7.30. The first-order valence-corrected chi connectivity index (χ1v) is 6.17. The van der Waals surface area contributed by atoms with Crippen LogP contribution in [0.5, 0.6) is 5.75 Å². The molecule has 0 aliphatic rings. The number of nitrogens with two attached hydrogens (primary N) is 1. The molecule has 1 aromatic carbocycles. The van der Waals surface area contributed by atoms with E-state index in [1.807, 2.05) is 35.9 Å². The van der Waals surface area contributed by atoms with Gasteiger partial charge in [0, 0.05) is 12.1 Å². The maximum absolute atomic E-state index is 5.51.